The van der Waals surface area contributed by atoms with Crippen molar-refractivity contribution in [3.63, 3.8) is 0 Å². The van der Waals surface area contributed by atoms with Gasteiger partial charge in [-0.2, -0.15) is 0 Å². The van der Waals surface area contributed by atoms with Gasteiger partial charge in [-0.1, -0.05) is 19.3 Å². The highest BCUT2D eigenvalue weighted by molar-refractivity contribution is 4.83. The Balaban J connectivity index is 1.96. The van der Waals surface area contributed by atoms with E-state index >= 15 is 0 Å². The highest BCUT2D eigenvalue weighted by atomic mass is 15.3. The normalized spacial score (nSPS) is 39.2. The zero-order valence-electron chi connectivity index (χ0n) is 10.1. The second-order valence-corrected chi connectivity index (χ2v) is 6.39. The molecule has 0 aromatic carbocycles. The van der Waals surface area contributed by atoms with Crippen LogP contribution in [0.15, 0.2) is 0 Å². The molecule has 0 aliphatic heterocycles. The lowest BCUT2D eigenvalue weighted by atomic mass is 9.69. The van der Waals surface area contributed by atoms with Crippen molar-refractivity contribution in [2.75, 3.05) is 21.1 Å². The summed E-state index contributed by atoms with van der Waals surface area (Å²) in [6.45, 7) is 0. The van der Waals surface area contributed by atoms with Gasteiger partial charge in [0.05, 0.1) is 27.2 Å². The predicted octanol–water partition coefficient (Wildman–Crippen LogP) is 3.05. The summed E-state index contributed by atoms with van der Waals surface area (Å²) >= 11 is 0. The molecule has 2 unspecified atom stereocenters. The van der Waals surface area contributed by atoms with Crippen molar-refractivity contribution >= 4 is 0 Å². The zero-order valence-corrected chi connectivity index (χ0v) is 10.1. The molecule has 0 amide bonds. The number of rotatable bonds is 1. The Labute approximate surface area is 89.1 Å². The van der Waals surface area contributed by atoms with Gasteiger partial charge < -0.3 is 4.48 Å². The molecule has 0 heterocycles. The molecule has 0 aromatic heterocycles. The van der Waals surface area contributed by atoms with Crippen LogP contribution in [0.3, 0.4) is 0 Å². The van der Waals surface area contributed by atoms with Crippen LogP contribution in [0.5, 0.6) is 0 Å². The maximum absolute atomic E-state index is 2.37. The first kappa shape index (κ1) is 10.5. The van der Waals surface area contributed by atoms with Gasteiger partial charge in [-0.15, -0.1) is 0 Å². The van der Waals surface area contributed by atoms with E-state index in [1.807, 2.05) is 0 Å². The van der Waals surface area contributed by atoms with E-state index in [2.05, 4.69) is 21.1 Å². The van der Waals surface area contributed by atoms with E-state index in [0.717, 1.165) is 17.9 Å². The number of fused-ring (bicyclic) bond motifs is 1. The SMILES string of the molecule is C[N+](C)(C)[C@H]1CCC2CCCCC2C1. The molecule has 0 saturated heterocycles. The lowest BCUT2D eigenvalue weighted by molar-refractivity contribution is -0.898. The van der Waals surface area contributed by atoms with E-state index in [1.165, 1.54) is 49.4 Å². The molecule has 2 aliphatic rings. The van der Waals surface area contributed by atoms with Crippen molar-refractivity contribution in [3.05, 3.63) is 0 Å². The van der Waals surface area contributed by atoms with Gasteiger partial charge in [0.2, 0.25) is 0 Å². The number of hydrogen-bond acceptors (Lipinski definition) is 0. The maximum atomic E-state index is 2.37. The third kappa shape index (κ3) is 2.13. The van der Waals surface area contributed by atoms with E-state index in [-0.39, 0.29) is 0 Å². The van der Waals surface area contributed by atoms with Crippen LogP contribution in [0.2, 0.25) is 0 Å². The molecule has 82 valence electrons. The van der Waals surface area contributed by atoms with E-state index in [0.29, 0.717) is 0 Å². The molecule has 0 N–H and O–H groups in total. The number of nitrogens with zero attached hydrogens (tertiary/aromatic N) is 1. The molecule has 3 atom stereocenters. The summed E-state index contributed by atoms with van der Waals surface area (Å²) in [6.07, 6.45) is 10.6. The summed E-state index contributed by atoms with van der Waals surface area (Å²) in [6, 6.07) is 0.939. The summed E-state index contributed by atoms with van der Waals surface area (Å²) in [5.74, 6) is 2.19. The Hall–Kier alpha value is -0.0400. The Bertz CT molecular complexity index is 192. The third-order valence-corrected chi connectivity index (χ3v) is 4.61. The van der Waals surface area contributed by atoms with Gasteiger partial charge in [-0.05, 0) is 31.1 Å². The second-order valence-electron chi connectivity index (χ2n) is 6.39. The Morgan fingerprint density at radius 3 is 2.07 bits per heavy atom. The fraction of sp³-hybridized carbons (Fsp3) is 1.00. The first-order valence-electron chi connectivity index (χ1n) is 6.38. The van der Waals surface area contributed by atoms with Crippen molar-refractivity contribution in [3.8, 4) is 0 Å². The molecule has 0 spiro atoms. The summed E-state index contributed by atoms with van der Waals surface area (Å²) < 4.78 is 1.18. The van der Waals surface area contributed by atoms with Gasteiger partial charge in [0, 0.05) is 6.42 Å². The van der Waals surface area contributed by atoms with Crippen LogP contribution < -0.4 is 0 Å². The molecular weight excluding hydrogens is 170 g/mol. The highest BCUT2D eigenvalue weighted by Gasteiger charge is 2.37. The minimum absolute atomic E-state index is 0.939. The third-order valence-electron chi connectivity index (χ3n) is 4.61. The van der Waals surface area contributed by atoms with Crippen LogP contribution in [0.1, 0.15) is 44.9 Å². The summed E-state index contributed by atoms with van der Waals surface area (Å²) in [5.41, 5.74) is 0. The summed E-state index contributed by atoms with van der Waals surface area (Å²) in [4.78, 5) is 0. The van der Waals surface area contributed by atoms with Crippen molar-refractivity contribution < 1.29 is 4.48 Å². The fourth-order valence-corrected chi connectivity index (χ4v) is 3.55. The first-order valence-corrected chi connectivity index (χ1v) is 6.38. The van der Waals surface area contributed by atoms with Gasteiger partial charge in [0.25, 0.3) is 0 Å². The molecule has 0 aromatic rings. The fourth-order valence-electron chi connectivity index (χ4n) is 3.55. The van der Waals surface area contributed by atoms with Crippen LogP contribution in [0.25, 0.3) is 0 Å². The second kappa shape index (κ2) is 3.84. The maximum Gasteiger partial charge on any atom is 0.0887 e. The minimum Gasteiger partial charge on any atom is -0.328 e. The van der Waals surface area contributed by atoms with Gasteiger partial charge in [-0.25, -0.2) is 0 Å². The molecule has 2 rings (SSSR count). The van der Waals surface area contributed by atoms with Crippen molar-refractivity contribution in [2.45, 2.75) is 51.0 Å². The van der Waals surface area contributed by atoms with Crippen LogP contribution in [-0.4, -0.2) is 31.7 Å². The Morgan fingerprint density at radius 2 is 1.43 bits per heavy atom. The lowest BCUT2D eigenvalue weighted by Gasteiger charge is -2.44. The van der Waals surface area contributed by atoms with Gasteiger partial charge in [0.15, 0.2) is 0 Å². The highest BCUT2D eigenvalue weighted by Crippen LogP contribution is 2.42. The molecule has 2 aliphatic carbocycles. The van der Waals surface area contributed by atoms with Gasteiger partial charge in [-0.3, -0.25) is 0 Å². The Kier molecular flexibility index (Phi) is 2.88. The molecule has 2 fully saturated rings. The van der Waals surface area contributed by atoms with Crippen LogP contribution in [0, 0.1) is 11.8 Å². The van der Waals surface area contributed by atoms with E-state index in [1.54, 1.807) is 0 Å². The first-order chi connectivity index (χ1) is 6.57. The zero-order chi connectivity index (χ0) is 10.2. The minimum atomic E-state index is 0.939. The Morgan fingerprint density at radius 1 is 0.786 bits per heavy atom. The summed E-state index contributed by atoms with van der Waals surface area (Å²) in [7, 11) is 7.11. The molecule has 14 heavy (non-hydrogen) atoms. The molecule has 1 nitrogen and oxygen atoms in total. The molecule has 1 heteroatoms. The number of quaternary nitrogens is 1. The summed E-state index contributed by atoms with van der Waals surface area (Å²) in [5, 5.41) is 0. The average Bonchev–Trinajstić information content (AvgIpc) is 2.16. The van der Waals surface area contributed by atoms with Crippen molar-refractivity contribution in [2.24, 2.45) is 11.8 Å². The largest absolute Gasteiger partial charge is 0.328 e. The van der Waals surface area contributed by atoms with E-state index in [9.17, 15) is 0 Å². The van der Waals surface area contributed by atoms with Crippen molar-refractivity contribution in [1.29, 1.82) is 0 Å². The van der Waals surface area contributed by atoms with Gasteiger partial charge >= 0.3 is 0 Å². The molecule has 0 radical (unpaired) electrons. The van der Waals surface area contributed by atoms with Gasteiger partial charge in [0.1, 0.15) is 0 Å². The van der Waals surface area contributed by atoms with Crippen LogP contribution in [0.4, 0.5) is 0 Å². The lowest BCUT2D eigenvalue weighted by Crippen LogP contribution is -2.49. The standard InChI is InChI=1S/C13H26N/c1-14(2,3)13-9-8-11-6-4-5-7-12(11)10-13/h11-13H,4-10H2,1-3H3/q+1/t11?,12?,13-/m0/s1. The molecule has 0 bridgehead atoms. The quantitative estimate of drug-likeness (QED) is 0.565. The topological polar surface area (TPSA) is 0 Å². The van der Waals surface area contributed by atoms with E-state index < -0.39 is 0 Å². The monoisotopic (exact) mass is 196 g/mol. The molecule has 2 saturated carbocycles. The average molecular weight is 196 g/mol. The van der Waals surface area contributed by atoms with Crippen LogP contribution in [-0.2, 0) is 0 Å². The number of hydrogen-bond donors (Lipinski definition) is 0. The predicted molar refractivity (Wildman–Crippen MR) is 61.1 cm³/mol. The van der Waals surface area contributed by atoms with Crippen LogP contribution >= 0.6 is 0 Å². The smallest absolute Gasteiger partial charge is 0.0887 e. The molecular formula is C13H26N+. The van der Waals surface area contributed by atoms with Crippen molar-refractivity contribution in [1.82, 2.24) is 0 Å². The van der Waals surface area contributed by atoms with E-state index in [4.69, 9.17) is 0 Å².